The molecular formula is C15H18F2N2O4. The summed E-state index contributed by atoms with van der Waals surface area (Å²) in [6, 6.07) is 6.13. The van der Waals surface area contributed by atoms with E-state index in [0.29, 0.717) is 4.57 Å². The van der Waals surface area contributed by atoms with Crippen LogP contribution in [0.4, 0.5) is 13.6 Å². The number of imidazole rings is 1. The molecule has 0 fully saturated rings. The van der Waals surface area contributed by atoms with Gasteiger partial charge in [0.15, 0.2) is 5.82 Å². The smallest absolute Gasteiger partial charge is 0.420 e. The number of para-hydroxylation sites is 2. The Morgan fingerprint density at radius 1 is 1.30 bits per heavy atom. The molecule has 0 aliphatic heterocycles. The van der Waals surface area contributed by atoms with E-state index < -0.39 is 29.7 Å². The number of aliphatic hydroxyl groups excluding tert-OH is 1. The largest absolute Gasteiger partial charge is 0.443 e. The van der Waals surface area contributed by atoms with Gasteiger partial charge in [-0.3, -0.25) is 0 Å². The van der Waals surface area contributed by atoms with Gasteiger partial charge in [0.05, 0.1) is 11.0 Å². The van der Waals surface area contributed by atoms with Crippen LogP contribution in [0.3, 0.4) is 0 Å². The molecule has 0 aliphatic rings. The number of ether oxygens (including phenoxy) is 2. The van der Waals surface area contributed by atoms with Crippen LogP contribution in [0.15, 0.2) is 24.3 Å². The van der Waals surface area contributed by atoms with Crippen LogP contribution in [0.5, 0.6) is 0 Å². The number of rotatable bonds is 3. The fraction of sp³-hybridized carbons (Fsp3) is 0.467. The van der Waals surface area contributed by atoms with E-state index in [0.717, 1.165) is 7.11 Å². The lowest BCUT2D eigenvalue weighted by atomic mass is 10.2. The van der Waals surface area contributed by atoms with Crippen LogP contribution >= 0.6 is 0 Å². The SMILES string of the molecule is COC(O)C(F)(F)c1nc2ccccc2n1C(=O)OC(C)(C)C. The van der Waals surface area contributed by atoms with Crippen LogP contribution in [0.2, 0.25) is 0 Å². The normalized spacial score (nSPS) is 14.0. The van der Waals surface area contributed by atoms with E-state index in [-0.39, 0.29) is 11.0 Å². The number of alkyl halides is 2. The maximum absolute atomic E-state index is 14.4. The Morgan fingerprint density at radius 3 is 2.48 bits per heavy atom. The average Bonchev–Trinajstić information content (AvgIpc) is 2.84. The summed E-state index contributed by atoms with van der Waals surface area (Å²) >= 11 is 0. The quantitative estimate of drug-likeness (QED) is 0.877. The molecule has 0 aliphatic carbocycles. The highest BCUT2D eigenvalue weighted by Crippen LogP contribution is 2.34. The number of halogens is 2. The number of nitrogens with zero attached hydrogens (tertiary/aromatic N) is 2. The highest BCUT2D eigenvalue weighted by Gasteiger charge is 2.47. The molecule has 0 saturated heterocycles. The molecule has 0 amide bonds. The molecule has 2 rings (SSSR count). The van der Waals surface area contributed by atoms with Gasteiger partial charge in [0, 0.05) is 7.11 Å². The molecule has 0 bridgehead atoms. The van der Waals surface area contributed by atoms with Crippen LogP contribution < -0.4 is 0 Å². The van der Waals surface area contributed by atoms with Crippen LogP contribution in [-0.2, 0) is 15.4 Å². The maximum Gasteiger partial charge on any atom is 0.420 e. The molecule has 8 heteroatoms. The lowest BCUT2D eigenvalue weighted by Crippen LogP contribution is -2.37. The molecule has 6 nitrogen and oxygen atoms in total. The van der Waals surface area contributed by atoms with E-state index in [1.165, 1.54) is 12.1 Å². The van der Waals surface area contributed by atoms with E-state index in [2.05, 4.69) is 9.72 Å². The van der Waals surface area contributed by atoms with E-state index >= 15 is 0 Å². The van der Waals surface area contributed by atoms with Gasteiger partial charge >= 0.3 is 12.0 Å². The summed E-state index contributed by atoms with van der Waals surface area (Å²) in [6.45, 7) is 4.85. The molecule has 0 spiro atoms. The Hall–Kier alpha value is -2.06. The van der Waals surface area contributed by atoms with Gasteiger partial charge in [0.2, 0.25) is 6.29 Å². The summed E-state index contributed by atoms with van der Waals surface area (Å²) < 4.78 is 38.9. The zero-order valence-corrected chi connectivity index (χ0v) is 13.2. The first-order chi connectivity index (χ1) is 10.6. The van der Waals surface area contributed by atoms with Crippen LogP contribution in [0.1, 0.15) is 26.6 Å². The van der Waals surface area contributed by atoms with E-state index in [9.17, 15) is 18.7 Å². The van der Waals surface area contributed by atoms with E-state index in [1.807, 2.05) is 0 Å². The number of methoxy groups -OCH3 is 1. The Morgan fingerprint density at radius 2 is 1.91 bits per heavy atom. The first-order valence-electron chi connectivity index (χ1n) is 6.88. The van der Waals surface area contributed by atoms with E-state index in [1.54, 1.807) is 32.9 Å². The second kappa shape index (κ2) is 5.86. The Bertz CT molecular complexity index is 722. The molecule has 1 atom stereocenters. The van der Waals surface area contributed by atoms with Crippen LogP contribution in [0.25, 0.3) is 11.0 Å². The summed E-state index contributed by atoms with van der Waals surface area (Å²) in [6.07, 6.45) is -3.45. The predicted molar refractivity (Wildman–Crippen MR) is 78.3 cm³/mol. The minimum absolute atomic E-state index is 0.153. The number of hydrogen-bond acceptors (Lipinski definition) is 5. The number of fused-ring (bicyclic) bond motifs is 1. The molecule has 126 valence electrons. The third kappa shape index (κ3) is 3.32. The van der Waals surface area contributed by atoms with E-state index in [4.69, 9.17) is 4.74 Å². The molecular weight excluding hydrogens is 310 g/mol. The molecule has 1 aromatic heterocycles. The first kappa shape index (κ1) is 17.3. The highest BCUT2D eigenvalue weighted by molar-refractivity contribution is 5.87. The lowest BCUT2D eigenvalue weighted by molar-refractivity contribution is -0.233. The monoisotopic (exact) mass is 328 g/mol. The molecule has 0 radical (unpaired) electrons. The van der Waals surface area contributed by atoms with Crippen LogP contribution in [-0.4, -0.2) is 39.8 Å². The van der Waals surface area contributed by atoms with Gasteiger partial charge in [-0.2, -0.15) is 8.78 Å². The van der Waals surface area contributed by atoms with Crippen molar-refractivity contribution < 1.29 is 28.2 Å². The van der Waals surface area contributed by atoms with Gasteiger partial charge < -0.3 is 14.6 Å². The van der Waals surface area contributed by atoms with Crippen molar-refractivity contribution in [3.63, 3.8) is 0 Å². The summed E-state index contributed by atoms with van der Waals surface area (Å²) in [5.41, 5.74) is -0.550. The van der Waals surface area contributed by atoms with Crippen molar-refractivity contribution in [3.05, 3.63) is 30.1 Å². The number of hydrogen-bond donors (Lipinski definition) is 1. The maximum atomic E-state index is 14.4. The second-order valence-electron chi connectivity index (χ2n) is 5.95. The molecule has 0 saturated carbocycles. The van der Waals surface area contributed by atoms with Gasteiger partial charge in [-0.1, -0.05) is 12.1 Å². The minimum Gasteiger partial charge on any atom is -0.443 e. The summed E-state index contributed by atoms with van der Waals surface area (Å²) in [5, 5.41) is 9.43. The molecule has 23 heavy (non-hydrogen) atoms. The van der Waals surface area contributed by atoms with Gasteiger partial charge in [-0.15, -0.1) is 0 Å². The zero-order chi connectivity index (χ0) is 17.4. The number of carbonyl (C=O) groups excluding carboxylic acids is 1. The Labute approximate surface area is 131 Å². The fourth-order valence-electron chi connectivity index (χ4n) is 2.00. The van der Waals surface area contributed by atoms with Crippen molar-refractivity contribution >= 4 is 17.1 Å². The van der Waals surface area contributed by atoms with Crippen molar-refractivity contribution in [2.24, 2.45) is 0 Å². The molecule has 1 N–H and O–H groups in total. The van der Waals surface area contributed by atoms with Crippen molar-refractivity contribution in [3.8, 4) is 0 Å². The summed E-state index contributed by atoms with van der Waals surface area (Å²) in [7, 11) is 0.930. The lowest BCUT2D eigenvalue weighted by Gasteiger charge is -2.23. The van der Waals surface area contributed by atoms with Gasteiger partial charge in [-0.05, 0) is 32.9 Å². The molecule has 1 heterocycles. The average molecular weight is 328 g/mol. The predicted octanol–water partition coefficient (Wildman–Crippen LogP) is 2.88. The first-order valence-corrected chi connectivity index (χ1v) is 6.88. The summed E-state index contributed by atoms with van der Waals surface area (Å²) in [5.74, 6) is -4.84. The standard InChI is InChI=1S/C15H18F2N2O4/c1-14(2,3)23-13(21)19-10-8-6-5-7-9(10)18-11(19)15(16,17)12(20)22-4/h5-8,12,20H,1-4H3. The third-order valence-corrected chi connectivity index (χ3v) is 2.97. The van der Waals surface area contributed by atoms with Crippen molar-refractivity contribution in [1.82, 2.24) is 9.55 Å². The second-order valence-corrected chi connectivity index (χ2v) is 5.95. The minimum atomic E-state index is -3.90. The fourth-order valence-corrected chi connectivity index (χ4v) is 2.00. The molecule has 1 unspecified atom stereocenters. The van der Waals surface area contributed by atoms with Crippen molar-refractivity contribution in [1.29, 1.82) is 0 Å². The van der Waals surface area contributed by atoms with Gasteiger partial charge in [0.25, 0.3) is 0 Å². The topological polar surface area (TPSA) is 73.6 Å². The van der Waals surface area contributed by atoms with Crippen molar-refractivity contribution in [2.45, 2.75) is 38.6 Å². The van der Waals surface area contributed by atoms with Gasteiger partial charge in [0.1, 0.15) is 5.60 Å². The molecule has 1 aromatic carbocycles. The number of carbonyl (C=O) groups is 1. The Kier molecular flexibility index (Phi) is 4.41. The third-order valence-electron chi connectivity index (χ3n) is 2.97. The van der Waals surface area contributed by atoms with Crippen LogP contribution in [0, 0.1) is 0 Å². The Balaban J connectivity index is 2.65. The number of aliphatic hydroxyl groups is 1. The zero-order valence-electron chi connectivity index (χ0n) is 13.2. The number of benzene rings is 1. The van der Waals surface area contributed by atoms with Crippen molar-refractivity contribution in [2.75, 3.05) is 7.11 Å². The molecule has 2 aromatic rings. The number of aromatic nitrogens is 2. The highest BCUT2D eigenvalue weighted by atomic mass is 19.3. The van der Waals surface area contributed by atoms with Gasteiger partial charge in [-0.25, -0.2) is 14.3 Å². The summed E-state index contributed by atoms with van der Waals surface area (Å²) in [4.78, 5) is 16.1.